The highest BCUT2D eigenvalue weighted by molar-refractivity contribution is 5.58. The van der Waals surface area contributed by atoms with Crippen LogP contribution in [-0.4, -0.2) is 47.7 Å². The van der Waals surface area contributed by atoms with E-state index in [1.165, 1.54) is 11.3 Å². The first-order chi connectivity index (χ1) is 14.8. The number of hydrogen-bond donors (Lipinski definition) is 1. The minimum Gasteiger partial charge on any atom is -0.492 e. The van der Waals surface area contributed by atoms with Crippen molar-refractivity contribution >= 4 is 11.6 Å². The molecule has 0 aliphatic carbocycles. The molecule has 0 bridgehead atoms. The Hall–Kier alpha value is -3.12. The van der Waals surface area contributed by atoms with Crippen molar-refractivity contribution in [1.29, 1.82) is 0 Å². The van der Waals surface area contributed by atoms with Crippen LogP contribution in [0.5, 0.6) is 5.75 Å². The number of anilines is 2. The van der Waals surface area contributed by atoms with Gasteiger partial charge in [0, 0.05) is 57.2 Å². The average Bonchev–Trinajstić information content (AvgIpc) is 2.81. The summed E-state index contributed by atoms with van der Waals surface area (Å²) in [5.74, 6) is 1.64. The highest BCUT2D eigenvalue weighted by Crippen LogP contribution is 2.29. The molecule has 1 aliphatic rings. The predicted molar refractivity (Wildman–Crippen MR) is 121 cm³/mol. The number of hydrogen-bond acceptors (Lipinski definition) is 6. The molecule has 0 radical (unpaired) electrons. The predicted octanol–water partition coefficient (Wildman–Crippen LogP) is 3.81. The van der Waals surface area contributed by atoms with Gasteiger partial charge in [0.25, 0.3) is 0 Å². The Morgan fingerprint density at radius 1 is 0.867 bits per heavy atom. The largest absolute Gasteiger partial charge is 0.492 e. The van der Waals surface area contributed by atoms with Crippen molar-refractivity contribution in [2.45, 2.75) is 20.0 Å². The van der Waals surface area contributed by atoms with Crippen molar-refractivity contribution < 1.29 is 4.74 Å². The molecule has 1 aromatic heterocycles. The van der Waals surface area contributed by atoms with E-state index in [2.05, 4.69) is 55.4 Å². The molecule has 156 valence electrons. The van der Waals surface area contributed by atoms with Crippen LogP contribution in [0.3, 0.4) is 0 Å². The Morgan fingerprint density at radius 3 is 2.30 bits per heavy atom. The summed E-state index contributed by atoms with van der Waals surface area (Å²) in [4.78, 5) is 13.8. The fraction of sp³-hybridized carbons (Fsp3) is 0.333. The van der Waals surface area contributed by atoms with Gasteiger partial charge in [-0.2, -0.15) is 0 Å². The summed E-state index contributed by atoms with van der Waals surface area (Å²) in [6, 6.07) is 18.6. The number of nitrogens with one attached hydrogen (secondary N) is 1. The third-order valence-corrected chi connectivity index (χ3v) is 5.28. The van der Waals surface area contributed by atoms with Crippen LogP contribution in [0.25, 0.3) is 0 Å². The minimum absolute atomic E-state index is 0.667. The van der Waals surface area contributed by atoms with Gasteiger partial charge in [-0.25, -0.2) is 9.97 Å². The number of nitrogens with zero attached hydrogens (tertiary/aromatic N) is 4. The monoisotopic (exact) mass is 403 g/mol. The SMILES string of the molecule is CCOc1ccccc1N1CCN(Cc2cnc(NCc3ccccc3)nc2)CC1. The van der Waals surface area contributed by atoms with Gasteiger partial charge in [-0.15, -0.1) is 0 Å². The summed E-state index contributed by atoms with van der Waals surface area (Å²) in [6.07, 6.45) is 3.86. The fourth-order valence-electron chi connectivity index (χ4n) is 3.71. The lowest BCUT2D eigenvalue weighted by atomic mass is 10.2. The van der Waals surface area contributed by atoms with Crippen molar-refractivity contribution in [3.8, 4) is 5.75 Å². The zero-order valence-electron chi connectivity index (χ0n) is 17.5. The number of aromatic nitrogens is 2. The highest BCUT2D eigenvalue weighted by atomic mass is 16.5. The van der Waals surface area contributed by atoms with Crippen LogP contribution in [0.1, 0.15) is 18.1 Å². The molecule has 1 saturated heterocycles. The lowest BCUT2D eigenvalue weighted by Crippen LogP contribution is -2.46. The molecule has 0 amide bonds. The van der Waals surface area contributed by atoms with Crippen molar-refractivity contribution in [3.63, 3.8) is 0 Å². The van der Waals surface area contributed by atoms with Crippen LogP contribution >= 0.6 is 0 Å². The zero-order valence-corrected chi connectivity index (χ0v) is 17.5. The molecule has 0 spiro atoms. The Bertz CT molecular complexity index is 908. The Kier molecular flexibility index (Phi) is 6.77. The summed E-state index contributed by atoms with van der Waals surface area (Å²) < 4.78 is 5.79. The molecule has 2 heterocycles. The average molecular weight is 404 g/mol. The van der Waals surface area contributed by atoms with Crippen LogP contribution < -0.4 is 15.0 Å². The molecule has 0 unspecified atom stereocenters. The number of piperazine rings is 1. The number of para-hydroxylation sites is 2. The Morgan fingerprint density at radius 2 is 1.57 bits per heavy atom. The molecule has 0 saturated carbocycles. The summed E-state index contributed by atoms with van der Waals surface area (Å²) in [5, 5.41) is 3.28. The molecule has 30 heavy (non-hydrogen) atoms. The van der Waals surface area contributed by atoms with Gasteiger partial charge in [-0.3, -0.25) is 4.90 Å². The zero-order chi connectivity index (χ0) is 20.6. The van der Waals surface area contributed by atoms with E-state index in [1.54, 1.807) is 0 Å². The molecule has 3 aromatic rings. The van der Waals surface area contributed by atoms with Crippen LogP contribution in [0.4, 0.5) is 11.6 Å². The molecule has 1 aliphatic heterocycles. The minimum atomic E-state index is 0.667. The summed E-state index contributed by atoms with van der Waals surface area (Å²) in [6.45, 7) is 8.31. The first-order valence-corrected chi connectivity index (χ1v) is 10.6. The van der Waals surface area contributed by atoms with E-state index in [4.69, 9.17) is 4.74 Å². The van der Waals surface area contributed by atoms with Gasteiger partial charge in [-0.1, -0.05) is 42.5 Å². The maximum absolute atomic E-state index is 5.79. The summed E-state index contributed by atoms with van der Waals surface area (Å²) >= 11 is 0. The van der Waals surface area contributed by atoms with E-state index in [9.17, 15) is 0 Å². The van der Waals surface area contributed by atoms with Gasteiger partial charge in [0.1, 0.15) is 5.75 Å². The van der Waals surface area contributed by atoms with Crippen molar-refractivity contribution in [2.24, 2.45) is 0 Å². The standard InChI is InChI=1S/C24H29N5O/c1-2-30-23-11-7-6-10-22(23)29-14-12-28(13-15-29)19-21-17-26-24(27-18-21)25-16-20-8-4-3-5-9-20/h3-11,17-18H,2,12-16,19H2,1H3,(H,25,26,27). The van der Waals surface area contributed by atoms with Crippen molar-refractivity contribution in [2.75, 3.05) is 43.0 Å². The van der Waals surface area contributed by atoms with Crippen molar-refractivity contribution in [1.82, 2.24) is 14.9 Å². The number of benzene rings is 2. The molecule has 6 heteroatoms. The smallest absolute Gasteiger partial charge is 0.222 e. The van der Waals surface area contributed by atoms with Crippen LogP contribution in [-0.2, 0) is 13.1 Å². The van der Waals surface area contributed by atoms with Gasteiger partial charge in [0.15, 0.2) is 0 Å². The Balaban J connectivity index is 1.27. The molecule has 4 rings (SSSR count). The highest BCUT2D eigenvalue weighted by Gasteiger charge is 2.19. The number of ether oxygens (including phenoxy) is 1. The van der Waals surface area contributed by atoms with Gasteiger partial charge in [0.05, 0.1) is 12.3 Å². The second kappa shape index (κ2) is 10.1. The molecular weight excluding hydrogens is 374 g/mol. The lowest BCUT2D eigenvalue weighted by Gasteiger charge is -2.36. The second-order valence-electron chi connectivity index (χ2n) is 7.42. The quantitative estimate of drug-likeness (QED) is 0.617. The van der Waals surface area contributed by atoms with E-state index in [0.717, 1.165) is 50.6 Å². The van der Waals surface area contributed by atoms with E-state index >= 15 is 0 Å². The van der Waals surface area contributed by atoms with Crippen LogP contribution in [0.2, 0.25) is 0 Å². The van der Waals surface area contributed by atoms with Gasteiger partial charge >= 0.3 is 0 Å². The normalized spacial score (nSPS) is 14.5. The summed E-state index contributed by atoms with van der Waals surface area (Å²) in [7, 11) is 0. The van der Waals surface area contributed by atoms with E-state index in [-0.39, 0.29) is 0 Å². The second-order valence-corrected chi connectivity index (χ2v) is 7.42. The maximum atomic E-state index is 5.79. The van der Waals surface area contributed by atoms with Gasteiger partial charge < -0.3 is 15.0 Å². The third kappa shape index (κ3) is 5.27. The third-order valence-electron chi connectivity index (χ3n) is 5.28. The first kappa shape index (κ1) is 20.2. The fourth-order valence-corrected chi connectivity index (χ4v) is 3.71. The summed E-state index contributed by atoms with van der Waals surface area (Å²) in [5.41, 5.74) is 3.55. The maximum Gasteiger partial charge on any atom is 0.222 e. The first-order valence-electron chi connectivity index (χ1n) is 10.6. The van der Waals surface area contributed by atoms with Gasteiger partial charge in [-0.05, 0) is 24.6 Å². The molecule has 6 nitrogen and oxygen atoms in total. The van der Waals surface area contributed by atoms with Crippen LogP contribution in [0, 0.1) is 0 Å². The molecule has 1 fully saturated rings. The van der Waals surface area contributed by atoms with Crippen molar-refractivity contribution in [3.05, 3.63) is 78.1 Å². The lowest BCUT2D eigenvalue weighted by molar-refractivity contribution is 0.248. The molecule has 0 atom stereocenters. The number of rotatable bonds is 8. The van der Waals surface area contributed by atoms with E-state index in [0.29, 0.717) is 12.6 Å². The van der Waals surface area contributed by atoms with Crippen LogP contribution in [0.15, 0.2) is 67.0 Å². The Labute approximate surface area is 178 Å². The van der Waals surface area contributed by atoms with E-state index < -0.39 is 0 Å². The molecule has 1 N–H and O–H groups in total. The van der Waals surface area contributed by atoms with E-state index in [1.807, 2.05) is 43.6 Å². The van der Waals surface area contributed by atoms with Gasteiger partial charge in [0.2, 0.25) is 5.95 Å². The molecular formula is C24H29N5O. The topological polar surface area (TPSA) is 53.5 Å². The molecule has 2 aromatic carbocycles.